The molecule has 7 nitrogen and oxygen atoms in total. The first kappa shape index (κ1) is 21.5. The largest absolute Gasteiger partial charge is 0.473 e. The van der Waals surface area contributed by atoms with Crippen molar-refractivity contribution < 1.29 is 18.7 Å². The predicted molar refractivity (Wildman–Crippen MR) is 125 cm³/mol. The molecule has 2 aromatic heterocycles. The molecule has 0 saturated heterocycles. The van der Waals surface area contributed by atoms with Gasteiger partial charge >= 0.3 is 6.09 Å². The summed E-state index contributed by atoms with van der Waals surface area (Å²) in [6.45, 7) is 7.10. The van der Waals surface area contributed by atoms with E-state index in [0.717, 1.165) is 53.1 Å². The van der Waals surface area contributed by atoms with Crippen LogP contribution >= 0.6 is 0 Å². The predicted octanol–water partition coefficient (Wildman–Crippen LogP) is 5.70. The number of amides is 1. The number of ether oxygens (including phenoxy) is 2. The lowest BCUT2D eigenvalue weighted by molar-refractivity contribution is 0.0270. The summed E-state index contributed by atoms with van der Waals surface area (Å²) >= 11 is 0. The van der Waals surface area contributed by atoms with Crippen molar-refractivity contribution in [1.82, 2.24) is 14.9 Å². The third-order valence-corrected chi connectivity index (χ3v) is 5.73. The van der Waals surface area contributed by atoms with Gasteiger partial charge in [-0.25, -0.2) is 14.8 Å². The number of oxazole rings is 1. The molecule has 1 aromatic carbocycles. The molecule has 3 heterocycles. The number of rotatable bonds is 5. The van der Waals surface area contributed by atoms with Crippen molar-refractivity contribution in [3.05, 3.63) is 59.6 Å². The van der Waals surface area contributed by atoms with E-state index < -0.39 is 5.60 Å². The zero-order chi connectivity index (χ0) is 23.0. The Balaban J connectivity index is 1.25. The topological polar surface area (TPSA) is 77.7 Å². The SMILES string of the molecule is CC(C)(C)OC(=O)N1CC=C(c2cccc(OCc3cccc4nc(C5CC5)oc34)n2)CC1. The Morgan fingerprint density at radius 1 is 1.15 bits per heavy atom. The number of hydrogen-bond acceptors (Lipinski definition) is 6. The Hall–Kier alpha value is -3.35. The quantitative estimate of drug-likeness (QED) is 0.499. The summed E-state index contributed by atoms with van der Waals surface area (Å²) in [6, 6.07) is 11.7. The number of nitrogens with zero attached hydrogens (tertiary/aromatic N) is 3. The van der Waals surface area contributed by atoms with Crippen molar-refractivity contribution in [2.24, 2.45) is 0 Å². The minimum Gasteiger partial charge on any atom is -0.473 e. The molecular weight excluding hydrogens is 418 g/mol. The maximum atomic E-state index is 12.3. The average molecular weight is 448 g/mol. The minimum absolute atomic E-state index is 0.283. The third kappa shape index (κ3) is 5.02. The second-order valence-electron chi connectivity index (χ2n) is 9.65. The van der Waals surface area contributed by atoms with Gasteiger partial charge in [0.2, 0.25) is 5.88 Å². The number of aromatic nitrogens is 2. The molecule has 0 bridgehead atoms. The number of pyridine rings is 1. The van der Waals surface area contributed by atoms with Crippen LogP contribution in [0.4, 0.5) is 4.79 Å². The number of benzene rings is 1. The van der Waals surface area contributed by atoms with Crippen LogP contribution in [0.3, 0.4) is 0 Å². The zero-order valence-electron chi connectivity index (χ0n) is 19.3. The Bertz CT molecular complexity index is 1200. The molecule has 1 amide bonds. The highest BCUT2D eigenvalue weighted by Crippen LogP contribution is 2.41. The molecule has 1 aliphatic carbocycles. The van der Waals surface area contributed by atoms with Crippen LogP contribution in [0.15, 0.2) is 46.9 Å². The highest BCUT2D eigenvalue weighted by molar-refractivity contribution is 5.76. The molecule has 1 saturated carbocycles. The summed E-state index contributed by atoms with van der Waals surface area (Å²) < 4.78 is 17.5. The van der Waals surface area contributed by atoms with E-state index in [1.54, 1.807) is 4.90 Å². The smallest absolute Gasteiger partial charge is 0.410 e. The first-order chi connectivity index (χ1) is 15.9. The number of para-hydroxylation sites is 1. The van der Waals surface area contributed by atoms with Crippen LogP contribution in [0.5, 0.6) is 5.88 Å². The van der Waals surface area contributed by atoms with Gasteiger partial charge in [0, 0.05) is 30.6 Å². The van der Waals surface area contributed by atoms with Gasteiger partial charge in [0.1, 0.15) is 17.7 Å². The average Bonchev–Trinajstić information content (AvgIpc) is 3.55. The van der Waals surface area contributed by atoms with Gasteiger partial charge in [-0.05, 0) is 57.7 Å². The summed E-state index contributed by atoms with van der Waals surface area (Å²) in [6.07, 6.45) is 4.78. The molecule has 5 rings (SSSR count). The lowest BCUT2D eigenvalue weighted by atomic mass is 10.0. The number of hydrogen-bond donors (Lipinski definition) is 0. The van der Waals surface area contributed by atoms with Gasteiger partial charge in [0.15, 0.2) is 11.5 Å². The van der Waals surface area contributed by atoms with E-state index in [2.05, 4.69) is 4.98 Å². The number of carbonyl (C=O) groups is 1. The molecular formula is C26H29N3O4. The Kier molecular flexibility index (Phi) is 5.56. The molecule has 0 N–H and O–H groups in total. The highest BCUT2D eigenvalue weighted by Gasteiger charge is 2.29. The molecule has 1 aliphatic heterocycles. The summed E-state index contributed by atoms with van der Waals surface area (Å²) in [7, 11) is 0. The van der Waals surface area contributed by atoms with Crippen molar-refractivity contribution in [3.8, 4) is 5.88 Å². The Labute approximate surface area is 193 Å². The van der Waals surface area contributed by atoms with Gasteiger partial charge in [0.05, 0.1) is 5.69 Å². The van der Waals surface area contributed by atoms with Gasteiger partial charge in [0.25, 0.3) is 0 Å². The summed E-state index contributed by atoms with van der Waals surface area (Å²) in [5.74, 6) is 1.86. The van der Waals surface area contributed by atoms with E-state index >= 15 is 0 Å². The third-order valence-electron chi connectivity index (χ3n) is 5.73. The first-order valence-electron chi connectivity index (χ1n) is 11.5. The van der Waals surface area contributed by atoms with E-state index in [0.29, 0.717) is 31.5 Å². The second kappa shape index (κ2) is 8.54. The maximum Gasteiger partial charge on any atom is 0.410 e. The van der Waals surface area contributed by atoms with Crippen molar-refractivity contribution in [2.75, 3.05) is 13.1 Å². The lowest BCUT2D eigenvalue weighted by Crippen LogP contribution is -2.39. The fourth-order valence-corrected chi connectivity index (χ4v) is 3.86. The maximum absolute atomic E-state index is 12.3. The van der Waals surface area contributed by atoms with Crippen molar-refractivity contribution in [3.63, 3.8) is 0 Å². The second-order valence-corrected chi connectivity index (χ2v) is 9.65. The van der Waals surface area contributed by atoms with Crippen LogP contribution in [0.25, 0.3) is 16.7 Å². The van der Waals surface area contributed by atoms with Crippen LogP contribution in [-0.2, 0) is 11.3 Å². The first-order valence-corrected chi connectivity index (χ1v) is 11.5. The van der Waals surface area contributed by atoms with Crippen LogP contribution in [0.2, 0.25) is 0 Å². The van der Waals surface area contributed by atoms with Gasteiger partial charge in [-0.2, -0.15) is 0 Å². The summed E-state index contributed by atoms with van der Waals surface area (Å²) in [4.78, 5) is 23.3. The molecule has 0 unspecified atom stereocenters. The van der Waals surface area contributed by atoms with Crippen LogP contribution in [0.1, 0.15) is 63.1 Å². The molecule has 2 aliphatic rings. The minimum atomic E-state index is -0.496. The Morgan fingerprint density at radius 3 is 2.70 bits per heavy atom. The van der Waals surface area contributed by atoms with Gasteiger partial charge < -0.3 is 18.8 Å². The van der Waals surface area contributed by atoms with Crippen LogP contribution < -0.4 is 4.74 Å². The molecule has 3 aromatic rings. The van der Waals surface area contributed by atoms with E-state index in [-0.39, 0.29) is 6.09 Å². The van der Waals surface area contributed by atoms with Gasteiger partial charge in [-0.1, -0.05) is 24.3 Å². The van der Waals surface area contributed by atoms with Crippen LogP contribution in [-0.4, -0.2) is 39.7 Å². The fraction of sp³-hybridized carbons (Fsp3) is 0.423. The molecule has 172 valence electrons. The van der Waals surface area contributed by atoms with Crippen molar-refractivity contribution in [1.29, 1.82) is 0 Å². The van der Waals surface area contributed by atoms with E-state index in [4.69, 9.17) is 18.9 Å². The van der Waals surface area contributed by atoms with Crippen molar-refractivity contribution >= 4 is 22.8 Å². The lowest BCUT2D eigenvalue weighted by Gasteiger charge is -2.29. The Morgan fingerprint density at radius 2 is 1.97 bits per heavy atom. The monoisotopic (exact) mass is 447 g/mol. The number of carbonyl (C=O) groups excluding carboxylic acids is 1. The van der Waals surface area contributed by atoms with E-state index in [1.807, 2.05) is 63.2 Å². The molecule has 0 radical (unpaired) electrons. The fourth-order valence-electron chi connectivity index (χ4n) is 3.86. The molecule has 33 heavy (non-hydrogen) atoms. The van der Waals surface area contributed by atoms with E-state index in [1.165, 1.54) is 0 Å². The standard InChI is InChI=1S/C26H29N3O4/c1-26(2,3)33-25(30)29-14-12-17(13-15-29)20-7-5-9-22(27-20)31-16-19-6-4-8-21-23(19)32-24(28-21)18-10-11-18/h4-9,12,18H,10-11,13-16H2,1-3H3. The molecule has 0 spiro atoms. The summed E-state index contributed by atoms with van der Waals surface area (Å²) in [5.41, 5.74) is 4.11. The molecule has 7 heteroatoms. The molecule has 0 atom stereocenters. The zero-order valence-corrected chi connectivity index (χ0v) is 19.3. The van der Waals surface area contributed by atoms with Gasteiger partial charge in [-0.3, -0.25) is 0 Å². The van der Waals surface area contributed by atoms with Gasteiger partial charge in [-0.15, -0.1) is 0 Å². The van der Waals surface area contributed by atoms with Crippen LogP contribution in [0, 0.1) is 0 Å². The van der Waals surface area contributed by atoms with E-state index in [9.17, 15) is 4.79 Å². The molecule has 1 fully saturated rings. The summed E-state index contributed by atoms with van der Waals surface area (Å²) in [5, 5.41) is 0. The number of fused-ring (bicyclic) bond motifs is 1. The highest BCUT2D eigenvalue weighted by atomic mass is 16.6. The normalized spacial score (nSPS) is 16.6. The van der Waals surface area contributed by atoms with Crippen molar-refractivity contribution in [2.45, 2.75) is 58.2 Å².